The predicted octanol–water partition coefficient (Wildman–Crippen LogP) is 1.43. The van der Waals surface area contributed by atoms with Gasteiger partial charge in [-0.05, 0) is 18.6 Å². The molecule has 0 radical (unpaired) electrons. The second-order valence-electron chi connectivity index (χ2n) is 3.26. The molecule has 4 heteroatoms. The normalized spacial score (nSPS) is 9.67. The van der Waals surface area contributed by atoms with Gasteiger partial charge in [-0.3, -0.25) is 0 Å². The third kappa shape index (κ3) is 3.56. The number of pyridine rings is 1. The van der Waals surface area contributed by atoms with Gasteiger partial charge in [0.2, 0.25) is 0 Å². The molecule has 1 rings (SSSR count). The Hall–Kier alpha value is -1.60. The number of nitriles is 1. The van der Waals surface area contributed by atoms with Crippen LogP contribution in [0.3, 0.4) is 0 Å². The van der Waals surface area contributed by atoms with Crippen LogP contribution < -0.4 is 4.90 Å². The molecule has 0 aromatic carbocycles. The summed E-state index contributed by atoms with van der Waals surface area (Å²) in [5, 5.41) is 8.71. The van der Waals surface area contributed by atoms with Gasteiger partial charge in [-0.15, -0.1) is 0 Å². The first kappa shape index (κ1) is 11.5. The second kappa shape index (κ2) is 5.99. The summed E-state index contributed by atoms with van der Waals surface area (Å²) in [6, 6.07) is 7.47. The Morgan fingerprint density at radius 1 is 1.53 bits per heavy atom. The third-order valence-corrected chi connectivity index (χ3v) is 2.08. The monoisotopic (exact) mass is 205 g/mol. The van der Waals surface area contributed by atoms with E-state index in [4.69, 9.17) is 10.00 Å². The van der Waals surface area contributed by atoms with E-state index in [1.165, 1.54) is 0 Å². The van der Waals surface area contributed by atoms with Gasteiger partial charge in [0.1, 0.15) is 17.6 Å². The molecule has 0 aliphatic heterocycles. The zero-order valence-electron chi connectivity index (χ0n) is 9.10. The van der Waals surface area contributed by atoms with Crippen molar-refractivity contribution in [3.8, 4) is 6.07 Å². The van der Waals surface area contributed by atoms with Crippen molar-refractivity contribution >= 4 is 5.82 Å². The zero-order chi connectivity index (χ0) is 11.1. The van der Waals surface area contributed by atoms with E-state index in [9.17, 15) is 0 Å². The Bertz CT molecular complexity index is 346. The van der Waals surface area contributed by atoms with E-state index < -0.39 is 0 Å². The van der Waals surface area contributed by atoms with Crippen molar-refractivity contribution in [2.75, 3.05) is 32.2 Å². The van der Waals surface area contributed by atoms with Crippen molar-refractivity contribution in [1.29, 1.82) is 5.26 Å². The van der Waals surface area contributed by atoms with E-state index in [2.05, 4.69) is 4.98 Å². The Kier molecular flexibility index (Phi) is 4.58. The first-order valence-corrected chi connectivity index (χ1v) is 4.85. The fourth-order valence-corrected chi connectivity index (χ4v) is 1.26. The summed E-state index contributed by atoms with van der Waals surface area (Å²) in [5.41, 5.74) is 0.450. The summed E-state index contributed by atoms with van der Waals surface area (Å²) in [6.45, 7) is 1.61. The molecule has 0 saturated heterocycles. The molecule has 0 spiro atoms. The number of methoxy groups -OCH3 is 1. The van der Waals surface area contributed by atoms with Crippen LogP contribution in [0.5, 0.6) is 0 Å². The quantitative estimate of drug-likeness (QED) is 0.682. The van der Waals surface area contributed by atoms with E-state index in [-0.39, 0.29) is 0 Å². The first-order chi connectivity index (χ1) is 7.27. The number of nitrogens with zero attached hydrogens (tertiary/aromatic N) is 3. The largest absolute Gasteiger partial charge is 0.385 e. The molecule has 0 N–H and O–H groups in total. The Labute approximate surface area is 90.1 Å². The molecule has 0 aliphatic rings. The minimum atomic E-state index is 0.450. The van der Waals surface area contributed by atoms with E-state index in [0.717, 1.165) is 25.4 Å². The number of rotatable bonds is 5. The molecule has 0 aliphatic carbocycles. The fraction of sp³-hybridized carbons (Fsp3) is 0.455. The molecule has 0 amide bonds. The van der Waals surface area contributed by atoms with E-state index >= 15 is 0 Å². The first-order valence-electron chi connectivity index (χ1n) is 4.85. The summed E-state index contributed by atoms with van der Waals surface area (Å²) >= 11 is 0. The summed E-state index contributed by atoms with van der Waals surface area (Å²) in [4.78, 5) is 6.21. The Balaban J connectivity index is 2.57. The van der Waals surface area contributed by atoms with Gasteiger partial charge in [0, 0.05) is 27.3 Å². The minimum Gasteiger partial charge on any atom is -0.385 e. The van der Waals surface area contributed by atoms with Crippen molar-refractivity contribution in [2.24, 2.45) is 0 Å². The number of hydrogen-bond donors (Lipinski definition) is 0. The van der Waals surface area contributed by atoms with Crippen LogP contribution >= 0.6 is 0 Å². The van der Waals surface area contributed by atoms with Gasteiger partial charge in [-0.2, -0.15) is 5.26 Å². The lowest BCUT2D eigenvalue weighted by Gasteiger charge is -2.17. The number of anilines is 1. The number of hydrogen-bond acceptors (Lipinski definition) is 4. The van der Waals surface area contributed by atoms with Crippen LogP contribution in [0.15, 0.2) is 18.2 Å². The molecule has 0 saturated carbocycles. The molecular formula is C11H15N3O. The Morgan fingerprint density at radius 2 is 2.33 bits per heavy atom. The van der Waals surface area contributed by atoms with E-state index in [0.29, 0.717) is 5.69 Å². The molecule has 1 heterocycles. The van der Waals surface area contributed by atoms with Crippen molar-refractivity contribution in [3.63, 3.8) is 0 Å². The molecule has 1 aromatic heterocycles. The average molecular weight is 205 g/mol. The Morgan fingerprint density at radius 3 is 3.00 bits per heavy atom. The number of aromatic nitrogens is 1. The van der Waals surface area contributed by atoms with Crippen molar-refractivity contribution in [3.05, 3.63) is 23.9 Å². The molecule has 4 nitrogen and oxygen atoms in total. The van der Waals surface area contributed by atoms with Crippen LogP contribution in [0.2, 0.25) is 0 Å². The maximum absolute atomic E-state index is 8.71. The van der Waals surface area contributed by atoms with E-state index in [1.54, 1.807) is 13.2 Å². The molecule has 0 bridgehead atoms. The van der Waals surface area contributed by atoms with Gasteiger partial charge < -0.3 is 9.64 Å². The summed E-state index contributed by atoms with van der Waals surface area (Å²) < 4.78 is 4.97. The highest BCUT2D eigenvalue weighted by Gasteiger charge is 2.02. The average Bonchev–Trinajstić information content (AvgIpc) is 2.29. The van der Waals surface area contributed by atoms with Crippen LogP contribution in [0.1, 0.15) is 12.1 Å². The number of ether oxygens (including phenoxy) is 1. The van der Waals surface area contributed by atoms with Crippen LogP contribution in [-0.2, 0) is 4.74 Å². The summed E-state index contributed by atoms with van der Waals surface area (Å²) in [7, 11) is 3.65. The van der Waals surface area contributed by atoms with Crippen molar-refractivity contribution < 1.29 is 4.74 Å². The van der Waals surface area contributed by atoms with Gasteiger partial charge in [-0.25, -0.2) is 4.98 Å². The van der Waals surface area contributed by atoms with Crippen molar-refractivity contribution in [1.82, 2.24) is 4.98 Å². The summed E-state index contributed by atoms with van der Waals surface area (Å²) in [6.07, 6.45) is 0.950. The molecule has 0 fully saturated rings. The van der Waals surface area contributed by atoms with Gasteiger partial charge in [0.25, 0.3) is 0 Å². The van der Waals surface area contributed by atoms with Gasteiger partial charge in [-0.1, -0.05) is 6.07 Å². The molecule has 0 unspecified atom stereocenters. The predicted molar refractivity (Wildman–Crippen MR) is 58.7 cm³/mol. The smallest absolute Gasteiger partial charge is 0.142 e. The van der Waals surface area contributed by atoms with Crippen LogP contribution in [0.25, 0.3) is 0 Å². The van der Waals surface area contributed by atoms with Crippen LogP contribution in [-0.4, -0.2) is 32.3 Å². The molecule has 1 aromatic rings. The lowest BCUT2D eigenvalue weighted by Crippen LogP contribution is -2.20. The lowest BCUT2D eigenvalue weighted by molar-refractivity contribution is 0.196. The molecule has 15 heavy (non-hydrogen) atoms. The minimum absolute atomic E-state index is 0.450. The van der Waals surface area contributed by atoms with Crippen molar-refractivity contribution in [2.45, 2.75) is 6.42 Å². The lowest BCUT2D eigenvalue weighted by atomic mass is 10.3. The van der Waals surface area contributed by atoms with Gasteiger partial charge >= 0.3 is 0 Å². The molecular weight excluding hydrogens is 190 g/mol. The maximum Gasteiger partial charge on any atom is 0.142 e. The van der Waals surface area contributed by atoms with Crippen LogP contribution in [0.4, 0.5) is 5.82 Å². The standard InChI is InChI=1S/C11H15N3O/c1-14(7-4-8-15-2)11-6-3-5-10(9-12)13-11/h3,5-6H,4,7-8H2,1-2H3. The highest BCUT2D eigenvalue weighted by molar-refractivity contribution is 5.40. The highest BCUT2D eigenvalue weighted by atomic mass is 16.5. The van der Waals surface area contributed by atoms with E-state index in [1.807, 2.05) is 30.1 Å². The third-order valence-electron chi connectivity index (χ3n) is 2.08. The summed E-state index contributed by atoms with van der Waals surface area (Å²) in [5.74, 6) is 0.824. The van der Waals surface area contributed by atoms with Crippen LogP contribution in [0, 0.1) is 11.3 Å². The highest BCUT2D eigenvalue weighted by Crippen LogP contribution is 2.09. The molecule has 0 atom stereocenters. The zero-order valence-corrected chi connectivity index (χ0v) is 9.10. The molecule has 80 valence electrons. The second-order valence-corrected chi connectivity index (χ2v) is 3.26. The SMILES string of the molecule is COCCCN(C)c1cccc(C#N)n1. The maximum atomic E-state index is 8.71. The van der Waals surface area contributed by atoms with Gasteiger partial charge in [0.05, 0.1) is 0 Å². The fourth-order valence-electron chi connectivity index (χ4n) is 1.26. The topological polar surface area (TPSA) is 49.1 Å². The van der Waals surface area contributed by atoms with Gasteiger partial charge in [0.15, 0.2) is 0 Å².